The van der Waals surface area contributed by atoms with E-state index < -0.39 is 17.9 Å². The van der Waals surface area contributed by atoms with Gasteiger partial charge in [0, 0.05) is 6.54 Å². The maximum atomic E-state index is 11.7. The van der Waals surface area contributed by atoms with Gasteiger partial charge >= 0.3 is 5.97 Å². The highest BCUT2D eigenvalue weighted by Gasteiger charge is 2.41. The van der Waals surface area contributed by atoms with Crippen LogP contribution in [0.25, 0.3) is 0 Å². The van der Waals surface area contributed by atoms with Gasteiger partial charge in [-0.05, 0) is 50.4 Å². The van der Waals surface area contributed by atoms with E-state index in [0.29, 0.717) is 12.5 Å². The number of rotatable bonds is 7. The Balaban J connectivity index is 1.74. The first-order valence-corrected chi connectivity index (χ1v) is 6.83. The summed E-state index contributed by atoms with van der Waals surface area (Å²) in [6, 6.07) is -1.19. The molecule has 0 aromatic heterocycles. The Kier molecular flexibility index (Phi) is 4.22. The fourth-order valence-corrected chi connectivity index (χ4v) is 2.43. The Bertz CT molecular complexity index is 312. The average molecular weight is 254 g/mol. The van der Waals surface area contributed by atoms with Crippen LogP contribution in [0.2, 0.25) is 0 Å². The van der Waals surface area contributed by atoms with Crippen molar-refractivity contribution in [3.05, 3.63) is 0 Å². The second-order valence-electron chi connectivity index (χ2n) is 5.31. The number of amides is 1. The summed E-state index contributed by atoms with van der Waals surface area (Å²) in [6.07, 6.45) is 5.11. The molecule has 1 atom stereocenters. The molecule has 0 bridgehead atoms. The van der Waals surface area contributed by atoms with E-state index in [2.05, 4.69) is 5.32 Å². The molecule has 18 heavy (non-hydrogen) atoms. The minimum Gasteiger partial charge on any atom is -0.464 e. The molecular formula is C13H22N2O3. The fourth-order valence-electron chi connectivity index (χ4n) is 2.43. The molecule has 1 unspecified atom stereocenters. The van der Waals surface area contributed by atoms with Gasteiger partial charge in [-0.15, -0.1) is 0 Å². The van der Waals surface area contributed by atoms with Crippen molar-refractivity contribution in [3.63, 3.8) is 0 Å². The Hall–Kier alpha value is -1.10. The summed E-state index contributed by atoms with van der Waals surface area (Å²) in [5, 5.41) is 2.80. The van der Waals surface area contributed by atoms with Gasteiger partial charge in [-0.3, -0.25) is 4.79 Å². The summed E-state index contributed by atoms with van der Waals surface area (Å²) in [7, 11) is 0. The molecule has 0 radical (unpaired) electrons. The van der Waals surface area contributed by atoms with Crippen LogP contribution in [0, 0.1) is 17.8 Å². The summed E-state index contributed by atoms with van der Waals surface area (Å²) in [5.41, 5.74) is 5.53. The van der Waals surface area contributed by atoms with Crippen molar-refractivity contribution in [2.75, 3.05) is 13.2 Å². The number of hydrogen-bond donors (Lipinski definition) is 2. The first kappa shape index (κ1) is 13.3. The monoisotopic (exact) mass is 254 g/mol. The van der Waals surface area contributed by atoms with Gasteiger partial charge in [0.25, 0.3) is 0 Å². The second-order valence-corrected chi connectivity index (χ2v) is 5.31. The van der Waals surface area contributed by atoms with Gasteiger partial charge in [-0.1, -0.05) is 0 Å². The number of nitrogens with two attached hydrogens (primary N) is 1. The van der Waals surface area contributed by atoms with Crippen LogP contribution in [0.5, 0.6) is 0 Å². The largest absolute Gasteiger partial charge is 0.464 e. The quantitative estimate of drug-likeness (QED) is 0.510. The van der Waals surface area contributed by atoms with Gasteiger partial charge in [0.2, 0.25) is 5.91 Å². The summed E-state index contributed by atoms with van der Waals surface area (Å²) < 4.78 is 4.73. The smallest absolute Gasteiger partial charge is 0.332 e. The van der Waals surface area contributed by atoms with Crippen molar-refractivity contribution >= 4 is 11.9 Å². The minimum atomic E-state index is -1.19. The van der Waals surface area contributed by atoms with Crippen LogP contribution in [0.15, 0.2) is 0 Å². The number of hydrogen-bond acceptors (Lipinski definition) is 4. The van der Waals surface area contributed by atoms with E-state index in [1.165, 1.54) is 25.7 Å². The van der Waals surface area contributed by atoms with Gasteiger partial charge < -0.3 is 15.8 Å². The van der Waals surface area contributed by atoms with Gasteiger partial charge in [0.15, 0.2) is 6.04 Å². The first-order valence-electron chi connectivity index (χ1n) is 6.83. The predicted octanol–water partition coefficient (Wildman–Crippen LogP) is 0.429. The summed E-state index contributed by atoms with van der Waals surface area (Å²) in [4.78, 5) is 23.0. The van der Waals surface area contributed by atoms with E-state index in [9.17, 15) is 9.59 Å². The Labute approximate surface area is 107 Å². The molecule has 5 nitrogen and oxygen atoms in total. The first-order chi connectivity index (χ1) is 8.63. The zero-order chi connectivity index (χ0) is 13.1. The maximum Gasteiger partial charge on any atom is 0.332 e. The van der Waals surface area contributed by atoms with Crippen molar-refractivity contribution in [2.24, 2.45) is 23.5 Å². The third-order valence-corrected chi connectivity index (χ3v) is 3.79. The molecule has 2 aliphatic rings. The zero-order valence-corrected chi connectivity index (χ0v) is 10.9. The van der Waals surface area contributed by atoms with E-state index >= 15 is 0 Å². The molecule has 2 aliphatic carbocycles. The van der Waals surface area contributed by atoms with Crippen molar-refractivity contribution < 1.29 is 14.3 Å². The number of carbonyl (C=O) groups excluding carboxylic acids is 2. The lowest BCUT2D eigenvalue weighted by Crippen LogP contribution is -2.48. The fraction of sp³-hybridized carbons (Fsp3) is 0.846. The molecule has 0 saturated heterocycles. The molecular weight excluding hydrogens is 232 g/mol. The normalized spacial score (nSPS) is 20.6. The van der Waals surface area contributed by atoms with Crippen LogP contribution in [-0.4, -0.2) is 31.1 Å². The summed E-state index contributed by atoms with van der Waals surface area (Å²) in [6.45, 7) is 2.59. The molecule has 3 N–H and O–H groups in total. The van der Waals surface area contributed by atoms with Crippen LogP contribution >= 0.6 is 0 Å². The average Bonchev–Trinajstić information content (AvgIpc) is 3.20. The standard InChI is InChI=1S/C13H22N2O3/c1-2-18-13(17)11(14)12(16)15-7-10(8-3-4-8)9-5-6-9/h8-11H,2-7,14H2,1H3,(H,15,16). The molecule has 0 spiro atoms. The van der Waals surface area contributed by atoms with E-state index in [-0.39, 0.29) is 6.61 Å². The molecule has 2 saturated carbocycles. The SMILES string of the molecule is CCOC(=O)C(N)C(=O)NCC(C1CC1)C1CC1. The highest BCUT2D eigenvalue weighted by Crippen LogP contribution is 2.48. The molecule has 5 heteroatoms. The van der Waals surface area contributed by atoms with Crippen LogP contribution in [0.4, 0.5) is 0 Å². The van der Waals surface area contributed by atoms with Crippen molar-refractivity contribution in [1.29, 1.82) is 0 Å². The molecule has 1 amide bonds. The summed E-state index contributed by atoms with van der Waals surface area (Å²) in [5.74, 6) is 1.07. The third-order valence-electron chi connectivity index (χ3n) is 3.79. The molecule has 0 aromatic rings. The maximum absolute atomic E-state index is 11.7. The van der Waals surface area contributed by atoms with Crippen molar-refractivity contribution in [3.8, 4) is 0 Å². The number of ether oxygens (including phenoxy) is 1. The van der Waals surface area contributed by atoms with E-state index in [4.69, 9.17) is 10.5 Å². The highest BCUT2D eigenvalue weighted by molar-refractivity contribution is 6.01. The lowest BCUT2D eigenvalue weighted by atomic mass is 9.98. The topological polar surface area (TPSA) is 81.4 Å². The van der Waals surface area contributed by atoms with Gasteiger partial charge in [-0.2, -0.15) is 0 Å². The number of esters is 1. The van der Waals surface area contributed by atoms with Crippen LogP contribution in [0.3, 0.4) is 0 Å². The molecule has 0 aliphatic heterocycles. The van der Waals surface area contributed by atoms with Gasteiger partial charge in [-0.25, -0.2) is 4.79 Å². The lowest BCUT2D eigenvalue weighted by Gasteiger charge is -2.17. The Morgan fingerprint density at radius 1 is 1.28 bits per heavy atom. The predicted molar refractivity (Wildman–Crippen MR) is 66.6 cm³/mol. The van der Waals surface area contributed by atoms with E-state index in [1.807, 2.05) is 0 Å². The van der Waals surface area contributed by atoms with Crippen molar-refractivity contribution in [2.45, 2.75) is 38.6 Å². The van der Waals surface area contributed by atoms with Gasteiger partial charge in [0.05, 0.1) is 6.61 Å². The van der Waals surface area contributed by atoms with Crippen LogP contribution < -0.4 is 11.1 Å². The van der Waals surface area contributed by atoms with Crippen LogP contribution in [-0.2, 0) is 14.3 Å². The zero-order valence-electron chi connectivity index (χ0n) is 10.9. The van der Waals surface area contributed by atoms with E-state index in [1.54, 1.807) is 6.92 Å². The Morgan fingerprint density at radius 3 is 2.28 bits per heavy atom. The second kappa shape index (κ2) is 5.69. The minimum absolute atomic E-state index is 0.243. The molecule has 2 rings (SSSR count). The molecule has 0 heterocycles. The number of nitrogens with one attached hydrogen (secondary N) is 1. The summed E-state index contributed by atoms with van der Waals surface area (Å²) >= 11 is 0. The third kappa shape index (κ3) is 3.45. The lowest BCUT2D eigenvalue weighted by molar-refractivity contribution is -0.148. The van der Waals surface area contributed by atoms with Gasteiger partial charge in [0.1, 0.15) is 0 Å². The Morgan fingerprint density at radius 2 is 1.83 bits per heavy atom. The highest BCUT2D eigenvalue weighted by atomic mass is 16.5. The molecule has 0 aromatic carbocycles. The molecule has 2 fully saturated rings. The van der Waals surface area contributed by atoms with Crippen molar-refractivity contribution in [1.82, 2.24) is 5.32 Å². The molecule has 102 valence electrons. The van der Waals surface area contributed by atoms with Crippen LogP contribution in [0.1, 0.15) is 32.6 Å². The van der Waals surface area contributed by atoms with E-state index in [0.717, 1.165) is 11.8 Å². The number of carbonyl (C=O) groups is 2.